The van der Waals surface area contributed by atoms with Crippen LogP contribution in [-0.2, 0) is 14.4 Å². The van der Waals surface area contributed by atoms with Gasteiger partial charge in [-0.25, -0.2) is 0 Å². The summed E-state index contributed by atoms with van der Waals surface area (Å²) < 4.78 is -0.731. The average Bonchev–Trinajstić information content (AvgIpc) is 3.54. The maximum absolute atomic E-state index is 14.7. The van der Waals surface area contributed by atoms with E-state index in [9.17, 15) is 19.5 Å². The number of nitrogens with zero attached hydrogens (tertiary/aromatic N) is 3. The summed E-state index contributed by atoms with van der Waals surface area (Å²) >= 11 is 12.1. The highest BCUT2D eigenvalue weighted by atomic mass is 79.9. The molecule has 3 amide bonds. The molecule has 224 valence electrons. The van der Waals surface area contributed by atoms with Crippen LogP contribution in [0.1, 0.15) is 45.4 Å². The molecule has 3 fully saturated rings. The van der Waals surface area contributed by atoms with Crippen LogP contribution in [0.5, 0.6) is 0 Å². The summed E-state index contributed by atoms with van der Waals surface area (Å²) in [4.78, 5) is 48.4. The van der Waals surface area contributed by atoms with E-state index in [1.165, 1.54) is 0 Å². The summed E-state index contributed by atoms with van der Waals surface area (Å²) in [6.45, 7) is 11.6. The molecule has 0 radical (unpaired) electrons. The fourth-order valence-corrected chi connectivity index (χ4v) is 10.7. The molecule has 1 spiro atoms. The Morgan fingerprint density at radius 3 is 2.54 bits per heavy atom. The van der Waals surface area contributed by atoms with Gasteiger partial charge in [0, 0.05) is 42.9 Å². The van der Waals surface area contributed by atoms with Gasteiger partial charge in [-0.2, -0.15) is 0 Å². The van der Waals surface area contributed by atoms with Crippen molar-refractivity contribution in [2.24, 2.45) is 11.8 Å². The zero-order chi connectivity index (χ0) is 29.7. The van der Waals surface area contributed by atoms with Crippen LogP contribution in [0.4, 0.5) is 5.69 Å². The van der Waals surface area contributed by atoms with Crippen molar-refractivity contribution in [3.05, 3.63) is 54.6 Å². The first kappa shape index (κ1) is 32.1. The first-order chi connectivity index (χ1) is 19.8. The zero-order valence-electron chi connectivity index (χ0n) is 23.7. The summed E-state index contributed by atoms with van der Waals surface area (Å²) in [5.74, 6) is -1.42. The van der Waals surface area contributed by atoms with E-state index in [2.05, 4.69) is 29.1 Å². The molecule has 2 bridgehead atoms. The molecule has 3 aliphatic heterocycles. The number of aliphatic hydroxyl groups excluding tert-OH is 1. The molecule has 3 unspecified atom stereocenters. The Labute approximate surface area is 261 Å². The minimum atomic E-state index is -0.735. The third-order valence-corrected chi connectivity index (χ3v) is 12.0. The number of anilines is 1. The van der Waals surface area contributed by atoms with Crippen molar-refractivity contribution in [2.45, 2.75) is 66.3 Å². The third-order valence-electron chi connectivity index (χ3n) is 8.49. The Morgan fingerprint density at radius 2 is 1.88 bits per heavy atom. The SMILES string of the molecule is C=CCN(CCC)C(=O)[C@H]1[C@@H]2SC3(CC2Br)C(C(=O)N(CC=C)c2ccccc2Cl)N(CCCCCCO)C(=O)[C@H]13. The second-order valence-corrected chi connectivity index (χ2v) is 14.2. The zero-order valence-corrected chi connectivity index (χ0v) is 26.9. The number of hydrogen-bond donors (Lipinski definition) is 1. The standard InChI is InChI=1S/C31H41BrClN3O4S/c1-4-15-34(16-5-2)28(38)24-25-29(39)36(18-11-7-8-12-19-37)27(31(25)20-21(32)26(24)41-31)30(40)35(17-6-3)23-14-10-9-13-22(23)33/h4,6,9-10,13-14,21,24-27,37H,1,3,5,7-8,11-12,15-20H2,2H3/t21?,24-,25+,26-,27?,31?/m1/s1. The number of benzene rings is 1. The molecule has 7 nitrogen and oxygen atoms in total. The molecule has 6 atom stereocenters. The molecule has 3 aliphatic rings. The lowest BCUT2D eigenvalue weighted by atomic mass is 9.70. The van der Waals surface area contributed by atoms with E-state index < -0.39 is 22.6 Å². The van der Waals surface area contributed by atoms with Crippen LogP contribution in [0.3, 0.4) is 0 Å². The minimum Gasteiger partial charge on any atom is -0.396 e. The summed E-state index contributed by atoms with van der Waals surface area (Å²) in [6.07, 6.45) is 7.94. The number of hydrogen-bond acceptors (Lipinski definition) is 5. The molecule has 3 saturated heterocycles. The van der Waals surface area contributed by atoms with E-state index in [4.69, 9.17) is 11.6 Å². The maximum atomic E-state index is 14.7. The molecule has 0 aliphatic carbocycles. The number of para-hydroxylation sites is 1. The van der Waals surface area contributed by atoms with Gasteiger partial charge in [-0.05, 0) is 37.8 Å². The highest BCUT2D eigenvalue weighted by Crippen LogP contribution is 2.68. The summed E-state index contributed by atoms with van der Waals surface area (Å²) in [6, 6.07) is 6.49. The molecule has 4 rings (SSSR count). The molecule has 10 heteroatoms. The van der Waals surface area contributed by atoms with Crippen LogP contribution < -0.4 is 4.90 Å². The molecule has 41 heavy (non-hydrogen) atoms. The van der Waals surface area contributed by atoms with Crippen molar-refractivity contribution in [3.8, 4) is 0 Å². The fourth-order valence-electron chi connectivity index (χ4n) is 6.86. The molecule has 0 aromatic heterocycles. The van der Waals surface area contributed by atoms with Crippen LogP contribution in [0.15, 0.2) is 49.6 Å². The number of unbranched alkanes of at least 4 members (excludes halogenated alkanes) is 3. The van der Waals surface area contributed by atoms with E-state index in [0.717, 1.165) is 25.7 Å². The van der Waals surface area contributed by atoms with Crippen molar-refractivity contribution in [2.75, 3.05) is 37.7 Å². The van der Waals surface area contributed by atoms with Crippen LogP contribution in [0.2, 0.25) is 5.02 Å². The van der Waals surface area contributed by atoms with Crippen molar-refractivity contribution < 1.29 is 19.5 Å². The van der Waals surface area contributed by atoms with Gasteiger partial charge >= 0.3 is 0 Å². The van der Waals surface area contributed by atoms with Gasteiger partial charge < -0.3 is 19.8 Å². The fraction of sp³-hybridized carbons (Fsp3) is 0.581. The molecular formula is C31H41BrClN3O4S. The van der Waals surface area contributed by atoms with Crippen LogP contribution in [0.25, 0.3) is 0 Å². The molecule has 0 saturated carbocycles. The monoisotopic (exact) mass is 665 g/mol. The van der Waals surface area contributed by atoms with Crippen molar-refractivity contribution >= 4 is 62.7 Å². The number of rotatable bonds is 15. The van der Waals surface area contributed by atoms with E-state index in [0.29, 0.717) is 43.2 Å². The topological polar surface area (TPSA) is 81.2 Å². The number of likely N-dealkylation sites (tertiary alicyclic amines) is 1. The van der Waals surface area contributed by atoms with Crippen molar-refractivity contribution in [1.29, 1.82) is 0 Å². The predicted molar refractivity (Wildman–Crippen MR) is 171 cm³/mol. The molecule has 1 N–H and O–H groups in total. The number of aliphatic hydroxyl groups is 1. The van der Waals surface area contributed by atoms with Crippen molar-refractivity contribution in [3.63, 3.8) is 0 Å². The second kappa shape index (κ2) is 14.1. The number of fused-ring (bicyclic) bond motifs is 1. The van der Waals surface area contributed by atoms with E-state index >= 15 is 0 Å². The average molecular weight is 667 g/mol. The number of thioether (sulfide) groups is 1. The highest BCUT2D eigenvalue weighted by Gasteiger charge is 2.76. The Morgan fingerprint density at radius 1 is 1.17 bits per heavy atom. The summed E-state index contributed by atoms with van der Waals surface area (Å²) in [5.41, 5.74) is 0.579. The first-order valence-corrected chi connectivity index (χ1v) is 16.7. The van der Waals surface area contributed by atoms with Gasteiger partial charge in [0.25, 0.3) is 5.91 Å². The number of halogens is 2. The van der Waals surface area contributed by atoms with Gasteiger partial charge in [0.2, 0.25) is 11.8 Å². The number of carbonyl (C=O) groups is 3. The van der Waals surface area contributed by atoms with E-state index in [1.807, 2.05) is 30.0 Å². The van der Waals surface area contributed by atoms with E-state index in [-0.39, 0.29) is 41.0 Å². The number of carbonyl (C=O) groups excluding carboxylic acids is 3. The van der Waals surface area contributed by atoms with Gasteiger partial charge in [-0.1, -0.05) is 71.6 Å². The Bertz CT molecular complexity index is 1150. The normalized spacial score (nSPS) is 28.0. The van der Waals surface area contributed by atoms with Gasteiger partial charge in [0.15, 0.2) is 0 Å². The molecule has 1 aromatic rings. The van der Waals surface area contributed by atoms with Gasteiger partial charge in [0.05, 0.1) is 27.3 Å². The lowest BCUT2D eigenvalue weighted by molar-refractivity contribution is -0.143. The minimum absolute atomic E-state index is 0.00526. The quantitative estimate of drug-likeness (QED) is 0.156. The van der Waals surface area contributed by atoms with Gasteiger partial charge in [0.1, 0.15) is 6.04 Å². The third kappa shape index (κ3) is 6.01. The second-order valence-electron chi connectivity index (χ2n) is 11.1. The smallest absolute Gasteiger partial charge is 0.251 e. The number of amides is 3. The predicted octanol–water partition coefficient (Wildman–Crippen LogP) is 5.30. The Balaban J connectivity index is 1.76. The Hall–Kier alpha value is -1.81. The number of alkyl halides is 1. The van der Waals surface area contributed by atoms with Crippen LogP contribution >= 0.6 is 39.3 Å². The Kier molecular flexibility index (Phi) is 11.0. The van der Waals surface area contributed by atoms with Gasteiger partial charge in [-0.3, -0.25) is 14.4 Å². The summed E-state index contributed by atoms with van der Waals surface area (Å²) in [5, 5.41) is 9.55. The maximum Gasteiger partial charge on any atom is 0.251 e. The first-order valence-electron chi connectivity index (χ1n) is 14.6. The largest absolute Gasteiger partial charge is 0.396 e. The molecule has 1 aromatic carbocycles. The lowest BCUT2D eigenvalue weighted by Gasteiger charge is -2.38. The lowest BCUT2D eigenvalue weighted by Crippen LogP contribution is -2.56. The van der Waals surface area contributed by atoms with Crippen LogP contribution in [0, 0.1) is 11.8 Å². The van der Waals surface area contributed by atoms with Gasteiger partial charge in [-0.15, -0.1) is 24.9 Å². The highest BCUT2D eigenvalue weighted by molar-refractivity contribution is 9.09. The van der Waals surface area contributed by atoms with Crippen molar-refractivity contribution in [1.82, 2.24) is 9.80 Å². The van der Waals surface area contributed by atoms with Crippen LogP contribution in [-0.4, -0.2) is 86.3 Å². The molecule has 3 heterocycles. The summed E-state index contributed by atoms with van der Waals surface area (Å²) in [7, 11) is 0. The van der Waals surface area contributed by atoms with E-state index in [1.54, 1.807) is 39.8 Å². The molecular weight excluding hydrogens is 626 g/mol.